The number of esters is 1. The number of methoxy groups -OCH3 is 1. The van der Waals surface area contributed by atoms with Gasteiger partial charge in [0.05, 0.1) is 13.7 Å². The minimum atomic E-state index is -1.09. The van der Waals surface area contributed by atoms with E-state index < -0.39 is 5.54 Å². The maximum Gasteiger partial charge on any atom is 0.341 e. The normalized spacial score (nSPS) is 24.0. The van der Waals surface area contributed by atoms with Crippen LogP contribution in [0.25, 0.3) is 0 Å². The first kappa shape index (κ1) is 13.5. The van der Waals surface area contributed by atoms with Crippen molar-refractivity contribution in [3.63, 3.8) is 0 Å². The Bertz CT molecular complexity index is 655. The van der Waals surface area contributed by atoms with Gasteiger partial charge < -0.3 is 4.74 Å². The molecule has 0 aliphatic carbocycles. The van der Waals surface area contributed by atoms with Gasteiger partial charge in [-0.25, -0.2) is 4.79 Å². The molecule has 0 spiro atoms. The molecule has 1 aliphatic heterocycles. The second-order valence-electron chi connectivity index (χ2n) is 5.01. The van der Waals surface area contributed by atoms with Gasteiger partial charge in [0.2, 0.25) is 5.54 Å². The number of hydrogen-bond donors (Lipinski definition) is 0. The lowest BCUT2D eigenvalue weighted by Crippen LogP contribution is -2.39. The zero-order valence-electron chi connectivity index (χ0n) is 11.8. The molecule has 0 bridgehead atoms. The minimum absolute atomic E-state index is 0.145. The van der Waals surface area contributed by atoms with Crippen molar-refractivity contribution in [3.8, 4) is 0 Å². The lowest BCUT2D eigenvalue weighted by atomic mass is 9.76. The third-order valence-corrected chi connectivity index (χ3v) is 3.91. The standard InChI is InChI=1S/C17H16N2O2/c1-21-16(20)17(14-10-6-3-7-11-14)15(12-18-19-17)13-8-4-2-5-9-13/h2-11,15H,12H2,1H3/t15-,17+/m1/s1. The Morgan fingerprint density at radius 2 is 1.71 bits per heavy atom. The van der Waals surface area contributed by atoms with E-state index in [0.717, 1.165) is 11.1 Å². The first-order chi connectivity index (χ1) is 10.3. The maximum absolute atomic E-state index is 12.5. The van der Waals surface area contributed by atoms with Crippen LogP contribution in [0.4, 0.5) is 0 Å². The molecule has 2 aromatic carbocycles. The number of benzene rings is 2. The van der Waals surface area contributed by atoms with Crippen molar-refractivity contribution in [1.82, 2.24) is 0 Å². The third kappa shape index (κ3) is 2.13. The molecule has 0 saturated heterocycles. The quantitative estimate of drug-likeness (QED) is 0.810. The summed E-state index contributed by atoms with van der Waals surface area (Å²) in [5, 5.41) is 8.48. The van der Waals surface area contributed by atoms with Crippen LogP contribution in [0.2, 0.25) is 0 Å². The SMILES string of the molecule is COC(=O)[C@@]1(c2ccccc2)N=NC[C@@H]1c1ccccc1. The molecule has 2 atom stereocenters. The maximum atomic E-state index is 12.5. The van der Waals surface area contributed by atoms with Gasteiger partial charge in [-0.05, 0) is 11.1 Å². The van der Waals surface area contributed by atoms with E-state index in [9.17, 15) is 4.79 Å². The summed E-state index contributed by atoms with van der Waals surface area (Å²) in [7, 11) is 1.39. The summed E-state index contributed by atoms with van der Waals surface area (Å²) < 4.78 is 5.05. The molecule has 2 aromatic rings. The highest BCUT2D eigenvalue weighted by atomic mass is 16.5. The summed E-state index contributed by atoms with van der Waals surface area (Å²) in [4.78, 5) is 12.5. The van der Waals surface area contributed by atoms with E-state index in [-0.39, 0.29) is 11.9 Å². The molecule has 106 valence electrons. The van der Waals surface area contributed by atoms with Gasteiger partial charge in [-0.1, -0.05) is 60.7 Å². The van der Waals surface area contributed by atoms with Crippen LogP contribution in [0, 0.1) is 0 Å². The average molecular weight is 280 g/mol. The molecule has 21 heavy (non-hydrogen) atoms. The molecule has 4 heteroatoms. The van der Waals surface area contributed by atoms with Crippen LogP contribution >= 0.6 is 0 Å². The molecule has 0 aromatic heterocycles. The molecule has 0 amide bonds. The second-order valence-corrected chi connectivity index (χ2v) is 5.01. The molecular formula is C17H16N2O2. The van der Waals surface area contributed by atoms with Crippen LogP contribution < -0.4 is 0 Å². The topological polar surface area (TPSA) is 51.0 Å². The molecule has 0 saturated carbocycles. The lowest BCUT2D eigenvalue weighted by molar-refractivity contribution is -0.148. The van der Waals surface area contributed by atoms with Crippen molar-refractivity contribution < 1.29 is 9.53 Å². The van der Waals surface area contributed by atoms with Crippen molar-refractivity contribution in [2.24, 2.45) is 10.2 Å². The Hall–Kier alpha value is -2.49. The van der Waals surface area contributed by atoms with E-state index >= 15 is 0 Å². The Morgan fingerprint density at radius 1 is 1.10 bits per heavy atom. The third-order valence-electron chi connectivity index (χ3n) is 3.91. The van der Waals surface area contributed by atoms with Crippen molar-refractivity contribution in [1.29, 1.82) is 0 Å². The zero-order valence-corrected chi connectivity index (χ0v) is 11.8. The molecule has 4 nitrogen and oxygen atoms in total. The molecule has 0 unspecified atom stereocenters. The molecule has 1 heterocycles. The molecule has 3 rings (SSSR count). The van der Waals surface area contributed by atoms with Gasteiger partial charge in [0.25, 0.3) is 0 Å². The number of nitrogens with zero attached hydrogens (tertiary/aromatic N) is 2. The van der Waals surface area contributed by atoms with Gasteiger partial charge in [-0.15, -0.1) is 0 Å². The van der Waals surface area contributed by atoms with Crippen molar-refractivity contribution >= 4 is 5.97 Å². The van der Waals surface area contributed by atoms with Crippen LogP contribution in [0.5, 0.6) is 0 Å². The van der Waals surface area contributed by atoms with E-state index in [1.54, 1.807) is 0 Å². The fourth-order valence-electron chi connectivity index (χ4n) is 2.88. The van der Waals surface area contributed by atoms with Gasteiger partial charge in [-0.2, -0.15) is 10.2 Å². The van der Waals surface area contributed by atoms with Gasteiger partial charge in [0.15, 0.2) is 0 Å². The first-order valence-electron chi connectivity index (χ1n) is 6.86. The Kier molecular flexibility index (Phi) is 3.52. The van der Waals surface area contributed by atoms with Gasteiger partial charge >= 0.3 is 5.97 Å². The monoisotopic (exact) mass is 280 g/mol. The number of rotatable bonds is 3. The highest BCUT2D eigenvalue weighted by Crippen LogP contribution is 2.45. The van der Waals surface area contributed by atoms with E-state index in [1.165, 1.54) is 7.11 Å². The van der Waals surface area contributed by atoms with Crippen molar-refractivity contribution in [3.05, 3.63) is 71.8 Å². The highest BCUT2D eigenvalue weighted by Gasteiger charge is 2.52. The van der Waals surface area contributed by atoms with E-state index in [2.05, 4.69) is 10.2 Å². The van der Waals surface area contributed by atoms with E-state index in [1.807, 2.05) is 60.7 Å². The first-order valence-corrected chi connectivity index (χ1v) is 6.86. The summed E-state index contributed by atoms with van der Waals surface area (Å²) >= 11 is 0. The summed E-state index contributed by atoms with van der Waals surface area (Å²) in [5.41, 5.74) is 0.765. The fourth-order valence-corrected chi connectivity index (χ4v) is 2.88. The molecular weight excluding hydrogens is 264 g/mol. The lowest BCUT2D eigenvalue weighted by Gasteiger charge is -2.29. The van der Waals surface area contributed by atoms with Crippen LogP contribution in [0.1, 0.15) is 17.0 Å². The number of hydrogen-bond acceptors (Lipinski definition) is 4. The van der Waals surface area contributed by atoms with Gasteiger partial charge in [0.1, 0.15) is 0 Å². The minimum Gasteiger partial charge on any atom is -0.467 e. The van der Waals surface area contributed by atoms with E-state index in [0.29, 0.717) is 6.54 Å². The summed E-state index contributed by atoms with van der Waals surface area (Å²) in [6.07, 6.45) is 0. The Balaban J connectivity index is 2.15. The smallest absolute Gasteiger partial charge is 0.341 e. The van der Waals surface area contributed by atoms with Crippen LogP contribution in [0.15, 0.2) is 70.9 Å². The Labute approximate surface area is 123 Å². The summed E-state index contributed by atoms with van der Waals surface area (Å²) in [6, 6.07) is 19.4. The molecule has 0 fully saturated rings. The molecule has 1 aliphatic rings. The Morgan fingerprint density at radius 3 is 2.33 bits per heavy atom. The number of azo groups is 1. The number of carbonyl (C=O) groups excluding carboxylic acids is 1. The van der Waals surface area contributed by atoms with Gasteiger partial charge in [-0.3, -0.25) is 0 Å². The van der Waals surface area contributed by atoms with Crippen LogP contribution in [-0.4, -0.2) is 19.6 Å². The largest absolute Gasteiger partial charge is 0.467 e. The summed E-state index contributed by atoms with van der Waals surface area (Å²) in [6.45, 7) is 0.480. The molecule has 0 radical (unpaired) electrons. The van der Waals surface area contributed by atoms with Crippen LogP contribution in [0.3, 0.4) is 0 Å². The van der Waals surface area contributed by atoms with Crippen LogP contribution in [-0.2, 0) is 15.1 Å². The fraction of sp³-hybridized carbons (Fsp3) is 0.235. The number of carbonyl (C=O) groups is 1. The number of ether oxygens (including phenoxy) is 1. The predicted molar refractivity (Wildman–Crippen MR) is 79.0 cm³/mol. The highest BCUT2D eigenvalue weighted by molar-refractivity contribution is 5.84. The second kappa shape index (κ2) is 5.48. The predicted octanol–water partition coefficient (Wildman–Crippen LogP) is 3.30. The summed E-state index contributed by atoms with van der Waals surface area (Å²) in [5.74, 6) is -0.516. The molecule has 0 N–H and O–H groups in total. The van der Waals surface area contributed by atoms with Crippen molar-refractivity contribution in [2.75, 3.05) is 13.7 Å². The zero-order chi connectivity index (χ0) is 14.7. The average Bonchev–Trinajstić information content (AvgIpc) is 3.01. The van der Waals surface area contributed by atoms with Crippen molar-refractivity contribution in [2.45, 2.75) is 11.5 Å². The van der Waals surface area contributed by atoms with E-state index in [4.69, 9.17) is 4.74 Å². The van der Waals surface area contributed by atoms with Gasteiger partial charge in [0, 0.05) is 5.92 Å².